The van der Waals surface area contributed by atoms with Gasteiger partial charge in [0.15, 0.2) is 0 Å². The smallest absolute Gasteiger partial charge is 0.341 e. The number of benzene rings is 2. The summed E-state index contributed by atoms with van der Waals surface area (Å²) in [6, 6.07) is 6.98. The minimum absolute atomic E-state index is 0.0207. The third-order valence-corrected chi connectivity index (χ3v) is 5.08. The summed E-state index contributed by atoms with van der Waals surface area (Å²) >= 11 is 0. The highest BCUT2D eigenvalue weighted by atomic mass is 16.7. The number of hydrogen-bond acceptors (Lipinski definition) is 8. The van der Waals surface area contributed by atoms with E-state index in [1.54, 1.807) is 13.8 Å². The molecule has 168 valence electrons. The molecule has 0 radical (unpaired) electrons. The first-order chi connectivity index (χ1) is 14.6. The number of carbonyl (C=O) groups is 2. The molecule has 0 fully saturated rings. The van der Waals surface area contributed by atoms with Crippen molar-refractivity contribution in [3.63, 3.8) is 0 Å². The molecule has 2 aromatic carbocycles. The average molecular weight is 432 g/mol. The van der Waals surface area contributed by atoms with Crippen LogP contribution < -0.4 is 11.5 Å². The highest BCUT2D eigenvalue weighted by molar-refractivity contribution is 5.93. The third-order valence-electron chi connectivity index (χ3n) is 5.08. The Bertz CT molecular complexity index is 977. The van der Waals surface area contributed by atoms with Crippen LogP contribution in [0.4, 0.5) is 11.4 Å². The molecule has 0 amide bonds. The summed E-state index contributed by atoms with van der Waals surface area (Å²) in [7, 11) is 0. The lowest BCUT2D eigenvalue weighted by Gasteiger charge is -2.31. The van der Waals surface area contributed by atoms with E-state index in [-0.39, 0.29) is 35.2 Å². The van der Waals surface area contributed by atoms with Gasteiger partial charge in [0.1, 0.15) is 0 Å². The van der Waals surface area contributed by atoms with Crippen molar-refractivity contribution in [3.8, 4) is 0 Å². The number of rotatable bonds is 9. The van der Waals surface area contributed by atoms with Crippen LogP contribution in [0.5, 0.6) is 0 Å². The number of aliphatic hydroxyl groups is 3. The highest BCUT2D eigenvalue weighted by Crippen LogP contribution is 2.36. The SMILES string of the molecule is CCc1c(N)ccc(C(=O)O)c1C(O)(CC)OC(=O)c1ccc(N)cc1CC(O)CO. The van der Waals surface area contributed by atoms with Gasteiger partial charge in [-0.1, -0.05) is 13.8 Å². The van der Waals surface area contributed by atoms with Crippen LogP contribution in [-0.4, -0.2) is 45.1 Å². The summed E-state index contributed by atoms with van der Waals surface area (Å²) in [5.41, 5.74) is 12.8. The second-order valence-corrected chi connectivity index (χ2v) is 7.20. The number of carboxylic acids is 1. The Hall–Kier alpha value is -3.14. The molecule has 2 atom stereocenters. The summed E-state index contributed by atoms with van der Waals surface area (Å²) in [5.74, 6) is -4.50. The number of aliphatic hydroxyl groups excluding tert-OH is 2. The second kappa shape index (κ2) is 9.78. The van der Waals surface area contributed by atoms with Gasteiger partial charge in [0, 0.05) is 29.8 Å². The number of carbonyl (C=O) groups excluding carboxylic acids is 1. The number of aromatic carboxylic acids is 1. The zero-order valence-electron chi connectivity index (χ0n) is 17.5. The van der Waals surface area contributed by atoms with Crippen LogP contribution in [0.2, 0.25) is 0 Å². The zero-order valence-corrected chi connectivity index (χ0v) is 17.5. The monoisotopic (exact) mass is 432 g/mol. The molecule has 31 heavy (non-hydrogen) atoms. The van der Waals surface area contributed by atoms with Crippen molar-refractivity contribution in [2.75, 3.05) is 18.1 Å². The van der Waals surface area contributed by atoms with Crippen LogP contribution in [0.15, 0.2) is 30.3 Å². The standard InChI is InChI=1S/C22H28N2O7/c1-3-15-18(24)8-7-17(20(27)28)19(15)22(30,4-2)31-21(29)16-6-5-13(23)9-12(16)10-14(26)11-25/h5-9,14,25-26,30H,3-4,10-11,23-24H2,1-2H3,(H,27,28). The second-order valence-electron chi connectivity index (χ2n) is 7.20. The van der Waals surface area contributed by atoms with Crippen LogP contribution in [-0.2, 0) is 23.4 Å². The van der Waals surface area contributed by atoms with E-state index in [1.807, 2.05) is 0 Å². The molecule has 9 heteroatoms. The number of ether oxygens (including phenoxy) is 1. The first-order valence-corrected chi connectivity index (χ1v) is 9.86. The van der Waals surface area contributed by atoms with Crippen LogP contribution in [0, 0.1) is 0 Å². The molecule has 0 saturated carbocycles. The number of carboxylic acid groups (broad SMARTS) is 1. The van der Waals surface area contributed by atoms with Crippen LogP contribution in [0.1, 0.15) is 57.7 Å². The Morgan fingerprint density at radius 2 is 1.77 bits per heavy atom. The lowest BCUT2D eigenvalue weighted by atomic mass is 9.89. The van der Waals surface area contributed by atoms with Crippen molar-refractivity contribution in [3.05, 3.63) is 58.1 Å². The first-order valence-electron chi connectivity index (χ1n) is 9.86. The molecular formula is C22H28N2O7. The van der Waals surface area contributed by atoms with Gasteiger partial charge < -0.3 is 36.6 Å². The molecule has 0 heterocycles. The van der Waals surface area contributed by atoms with Crippen molar-refractivity contribution in [2.45, 2.75) is 45.0 Å². The Labute approximate surface area is 179 Å². The van der Waals surface area contributed by atoms with E-state index in [0.717, 1.165) is 0 Å². The molecule has 8 N–H and O–H groups in total. The van der Waals surface area contributed by atoms with E-state index in [9.17, 15) is 24.9 Å². The summed E-state index contributed by atoms with van der Waals surface area (Å²) < 4.78 is 5.46. The maximum absolute atomic E-state index is 13.0. The average Bonchev–Trinajstić information content (AvgIpc) is 2.72. The zero-order chi connectivity index (χ0) is 23.3. The van der Waals surface area contributed by atoms with Gasteiger partial charge in [-0.15, -0.1) is 0 Å². The van der Waals surface area contributed by atoms with E-state index >= 15 is 0 Å². The Balaban J connectivity index is 2.56. The van der Waals surface area contributed by atoms with Gasteiger partial charge in [-0.3, -0.25) is 0 Å². The van der Waals surface area contributed by atoms with Gasteiger partial charge in [0.05, 0.1) is 23.8 Å². The van der Waals surface area contributed by atoms with Crippen molar-refractivity contribution in [1.29, 1.82) is 0 Å². The Morgan fingerprint density at radius 1 is 1.13 bits per heavy atom. The van der Waals surface area contributed by atoms with Gasteiger partial charge >= 0.3 is 11.9 Å². The topological polar surface area (TPSA) is 176 Å². The van der Waals surface area contributed by atoms with Crippen LogP contribution in [0.3, 0.4) is 0 Å². The molecule has 9 nitrogen and oxygen atoms in total. The molecule has 0 aliphatic rings. The molecule has 0 aliphatic carbocycles. The predicted molar refractivity (Wildman–Crippen MR) is 114 cm³/mol. The lowest BCUT2D eigenvalue weighted by molar-refractivity contribution is -0.176. The van der Waals surface area contributed by atoms with Crippen molar-refractivity contribution < 1.29 is 34.8 Å². The highest BCUT2D eigenvalue weighted by Gasteiger charge is 2.39. The van der Waals surface area contributed by atoms with E-state index in [4.69, 9.17) is 21.3 Å². The molecule has 0 aromatic heterocycles. The third kappa shape index (κ3) is 5.13. The fourth-order valence-electron chi connectivity index (χ4n) is 3.48. The predicted octanol–water partition coefficient (Wildman–Crippen LogP) is 1.42. The first kappa shape index (κ1) is 24.1. The summed E-state index contributed by atoms with van der Waals surface area (Å²) in [6.45, 7) is 2.77. The van der Waals surface area contributed by atoms with Gasteiger partial charge in [0.2, 0.25) is 5.79 Å². The fourth-order valence-corrected chi connectivity index (χ4v) is 3.48. The van der Waals surface area contributed by atoms with Gasteiger partial charge in [-0.2, -0.15) is 0 Å². The van der Waals surface area contributed by atoms with Crippen molar-refractivity contribution in [2.24, 2.45) is 0 Å². The van der Waals surface area contributed by atoms with Crippen molar-refractivity contribution >= 4 is 23.3 Å². The number of hydrogen-bond donors (Lipinski definition) is 6. The summed E-state index contributed by atoms with van der Waals surface area (Å²) in [6.07, 6.45) is -1.04. The molecule has 0 spiro atoms. The largest absolute Gasteiger partial charge is 0.478 e. The minimum Gasteiger partial charge on any atom is -0.478 e. The summed E-state index contributed by atoms with van der Waals surface area (Å²) in [5, 5.41) is 39.8. The molecule has 2 aromatic rings. The Kier molecular flexibility index (Phi) is 7.61. The molecular weight excluding hydrogens is 404 g/mol. The molecule has 0 aliphatic heterocycles. The molecule has 0 saturated heterocycles. The van der Waals surface area contributed by atoms with Gasteiger partial charge in [-0.25, -0.2) is 9.59 Å². The maximum Gasteiger partial charge on any atom is 0.341 e. The molecule has 0 bridgehead atoms. The number of anilines is 2. The summed E-state index contributed by atoms with van der Waals surface area (Å²) in [4.78, 5) is 24.8. The number of nitrogens with two attached hydrogens (primary N) is 2. The number of esters is 1. The molecule has 2 unspecified atom stereocenters. The van der Waals surface area contributed by atoms with E-state index < -0.39 is 30.4 Å². The quantitative estimate of drug-likeness (QED) is 0.194. The van der Waals surface area contributed by atoms with E-state index in [2.05, 4.69) is 0 Å². The number of nitrogen functional groups attached to an aromatic ring is 2. The lowest BCUT2D eigenvalue weighted by Crippen LogP contribution is -2.35. The van der Waals surface area contributed by atoms with Crippen LogP contribution >= 0.6 is 0 Å². The van der Waals surface area contributed by atoms with Gasteiger partial charge in [0.25, 0.3) is 0 Å². The Morgan fingerprint density at radius 3 is 2.32 bits per heavy atom. The fraction of sp³-hybridized carbons (Fsp3) is 0.364. The van der Waals surface area contributed by atoms with Crippen molar-refractivity contribution in [1.82, 2.24) is 0 Å². The van der Waals surface area contributed by atoms with Gasteiger partial charge in [-0.05, 0) is 47.9 Å². The van der Waals surface area contributed by atoms with Crippen LogP contribution in [0.25, 0.3) is 0 Å². The molecule has 2 rings (SSSR count). The normalized spacial score (nSPS) is 14.0. The minimum atomic E-state index is -2.26. The van der Waals surface area contributed by atoms with E-state index in [1.165, 1.54) is 30.3 Å². The van der Waals surface area contributed by atoms with E-state index in [0.29, 0.717) is 23.2 Å². The maximum atomic E-state index is 13.0.